The van der Waals surface area contributed by atoms with E-state index in [2.05, 4.69) is 5.32 Å². The fourth-order valence-electron chi connectivity index (χ4n) is 1.93. The van der Waals surface area contributed by atoms with Gasteiger partial charge in [0.25, 0.3) is 0 Å². The molecule has 0 radical (unpaired) electrons. The molecule has 1 N–H and O–H groups in total. The largest absolute Gasteiger partial charge is 0.444 e. The lowest BCUT2D eigenvalue weighted by atomic mass is 10.1. The molecular weight excluding hydrogens is 234 g/mol. The SMILES string of the molecule is COC1(C)CC[C@@H]([C@H](C)NC(=O)OC(C)(C)C)O1. The average Bonchev–Trinajstić information content (AvgIpc) is 2.59. The standard InChI is InChI=1S/C13H25NO4/c1-9(14-11(15)18-12(2,3)4)10-7-8-13(5,16-6)17-10/h9-10H,7-8H2,1-6H3,(H,14,15)/t9-,10-,13?/m0/s1. The molecular formula is C13H25NO4. The van der Waals surface area contributed by atoms with E-state index in [4.69, 9.17) is 14.2 Å². The van der Waals surface area contributed by atoms with Crippen molar-refractivity contribution in [3.63, 3.8) is 0 Å². The Morgan fingerprint density at radius 3 is 2.56 bits per heavy atom. The monoisotopic (exact) mass is 259 g/mol. The predicted molar refractivity (Wildman–Crippen MR) is 68.4 cm³/mol. The zero-order chi connectivity index (χ0) is 14.0. The number of rotatable bonds is 3. The third kappa shape index (κ3) is 4.46. The minimum Gasteiger partial charge on any atom is -0.444 e. The van der Waals surface area contributed by atoms with E-state index in [1.165, 1.54) is 0 Å². The third-order valence-corrected chi connectivity index (χ3v) is 3.02. The lowest BCUT2D eigenvalue weighted by molar-refractivity contribution is -0.202. The summed E-state index contributed by atoms with van der Waals surface area (Å²) >= 11 is 0. The van der Waals surface area contributed by atoms with Crippen molar-refractivity contribution in [1.82, 2.24) is 5.32 Å². The fourth-order valence-corrected chi connectivity index (χ4v) is 1.93. The highest BCUT2D eigenvalue weighted by atomic mass is 16.7. The van der Waals surface area contributed by atoms with Gasteiger partial charge in [0.15, 0.2) is 5.79 Å². The molecule has 3 atom stereocenters. The number of hydrogen-bond donors (Lipinski definition) is 1. The molecule has 106 valence electrons. The van der Waals surface area contributed by atoms with Gasteiger partial charge in [-0.1, -0.05) is 0 Å². The summed E-state index contributed by atoms with van der Waals surface area (Å²) in [6.45, 7) is 9.34. The van der Waals surface area contributed by atoms with E-state index in [1.807, 2.05) is 34.6 Å². The number of amides is 1. The molecule has 1 amide bonds. The van der Waals surface area contributed by atoms with Crippen molar-refractivity contribution in [1.29, 1.82) is 0 Å². The first-order chi connectivity index (χ1) is 8.15. The second kappa shape index (κ2) is 5.45. The molecule has 0 aromatic carbocycles. The molecule has 5 heteroatoms. The summed E-state index contributed by atoms with van der Waals surface area (Å²) in [6.07, 6.45) is 1.24. The first kappa shape index (κ1) is 15.2. The van der Waals surface area contributed by atoms with Crippen molar-refractivity contribution in [3.8, 4) is 0 Å². The zero-order valence-corrected chi connectivity index (χ0v) is 12.2. The molecule has 1 aliphatic rings. The van der Waals surface area contributed by atoms with Crippen LogP contribution in [0, 0.1) is 0 Å². The van der Waals surface area contributed by atoms with Gasteiger partial charge in [0.1, 0.15) is 5.60 Å². The summed E-state index contributed by atoms with van der Waals surface area (Å²) in [4.78, 5) is 11.6. The maximum atomic E-state index is 11.6. The van der Waals surface area contributed by atoms with Crippen molar-refractivity contribution >= 4 is 6.09 Å². The molecule has 0 aliphatic carbocycles. The van der Waals surface area contributed by atoms with E-state index >= 15 is 0 Å². The molecule has 0 aromatic heterocycles. The van der Waals surface area contributed by atoms with E-state index in [-0.39, 0.29) is 12.1 Å². The first-order valence-electron chi connectivity index (χ1n) is 6.38. The van der Waals surface area contributed by atoms with E-state index in [9.17, 15) is 4.79 Å². The Morgan fingerprint density at radius 1 is 1.50 bits per heavy atom. The molecule has 1 saturated heterocycles. The number of carbonyl (C=O) groups excluding carboxylic acids is 1. The molecule has 1 rings (SSSR count). The highest BCUT2D eigenvalue weighted by Gasteiger charge is 2.39. The van der Waals surface area contributed by atoms with Crippen LogP contribution in [0.1, 0.15) is 47.5 Å². The summed E-state index contributed by atoms with van der Waals surface area (Å²) in [7, 11) is 1.63. The van der Waals surface area contributed by atoms with Crippen LogP contribution in [0.4, 0.5) is 4.79 Å². The Kier molecular flexibility index (Phi) is 4.61. The lowest BCUT2D eigenvalue weighted by Gasteiger charge is -2.27. The third-order valence-electron chi connectivity index (χ3n) is 3.02. The van der Waals surface area contributed by atoms with Gasteiger partial charge in [0.05, 0.1) is 12.1 Å². The van der Waals surface area contributed by atoms with E-state index in [0.717, 1.165) is 12.8 Å². The van der Waals surface area contributed by atoms with Gasteiger partial charge in [-0.2, -0.15) is 0 Å². The number of ether oxygens (including phenoxy) is 3. The van der Waals surface area contributed by atoms with E-state index in [0.29, 0.717) is 0 Å². The maximum Gasteiger partial charge on any atom is 0.407 e. The Morgan fingerprint density at radius 2 is 2.11 bits per heavy atom. The second-order valence-corrected chi connectivity index (χ2v) is 5.97. The second-order valence-electron chi connectivity index (χ2n) is 5.97. The van der Waals surface area contributed by atoms with Gasteiger partial charge < -0.3 is 19.5 Å². The number of carbonyl (C=O) groups is 1. The average molecular weight is 259 g/mol. The van der Waals surface area contributed by atoms with Gasteiger partial charge in [-0.25, -0.2) is 4.79 Å². The van der Waals surface area contributed by atoms with Crippen LogP contribution in [-0.2, 0) is 14.2 Å². The number of hydrogen-bond acceptors (Lipinski definition) is 4. The van der Waals surface area contributed by atoms with Crippen molar-refractivity contribution in [2.24, 2.45) is 0 Å². The summed E-state index contributed by atoms with van der Waals surface area (Å²) in [6, 6.07) is -0.100. The van der Waals surface area contributed by atoms with Crippen LogP contribution in [0.25, 0.3) is 0 Å². The van der Waals surface area contributed by atoms with Crippen LogP contribution in [0.15, 0.2) is 0 Å². The highest BCUT2D eigenvalue weighted by Crippen LogP contribution is 2.31. The Bertz CT molecular complexity index is 300. The van der Waals surface area contributed by atoms with Gasteiger partial charge in [0, 0.05) is 13.5 Å². The summed E-state index contributed by atoms with van der Waals surface area (Å²) in [5, 5.41) is 2.80. The minimum atomic E-state index is -0.533. The van der Waals surface area contributed by atoms with E-state index in [1.54, 1.807) is 7.11 Å². The molecule has 1 heterocycles. The van der Waals surface area contributed by atoms with Crippen LogP contribution in [0.3, 0.4) is 0 Å². The molecule has 18 heavy (non-hydrogen) atoms. The van der Waals surface area contributed by atoms with Gasteiger partial charge in [-0.15, -0.1) is 0 Å². The molecule has 1 aliphatic heterocycles. The molecule has 0 spiro atoms. The fraction of sp³-hybridized carbons (Fsp3) is 0.923. The lowest BCUT2D eigenvalue weighted by Crippen LogP contribution is -2.44. The minimum absolute atomic E-state index is 0.0394. The molecule has 0 saturated carbocycles. The number of methoxy groups -OCH3 is 1. The molecule has 5 nitrogen and oxygen atoms in total. The van der Waals surface area contributed by atoms with Gasteiger partial charge in [0.2, 0.25) is 0 Å². The maximum absolute atomic E-state index is 11.6. The smallest absolute Gasteiger partial charge is 0.407 e. The molecule has 1 unspecified atom stereocenters. The summed E-state index contributed by atoms with van der Waals surface area (Å²) in [5.41, 5.74) is -0.485. The van der Waals surface area contributed by atoms with Crippen molar-refractivity contribution in [3.05, 3.63) is 0 Å². The van der Waals surface area contributed by atoms with Gasteiger partial charge >= 0.3 is 6.09 Å². The number of alkyl carbamates (subject to hydrolysis) is 1. The van der Waals surface area contributed by atoms with Gasteiger partial charge in [-0.3, -0.25) is 0 Å². The topological polar surface area (TPSA) is 56.8 Å². The Hall–Kier alpha value is -0.810. The number of nitrogens with one attached hydrogen (secondary N) is 1. The highest BCUT2D eigenvalue weighted by molar-refractivity contribution is 5.68. The van der Waals surface area contributed by atoms with Crippen LogP contribution < -0.4 is 5.32 Å². The van der Waals surface area contributed by atoms with Gasteiger partial charge in [-0.05, 0) is 41.0 Å². The van der Waals surface area contributed by atoms with Crippen LogP contribution >= 0.6 is 0 Å². The Balaban J connectivity index is 2.43. The van der Waals surface area contributed by atoms with Crippen LogP contribution in [-0.4, -0.2) is 36.7 Å². The molecule has 0 bridgehead atoms. The molecule has 1 fully saturated rings. The predicted octanol–water partition coefficient (Wildman–Crippen LogP) is 2.44. The van der Waals surface area contributed by atoms with Crippen molar-refractivity contribution < 1.29 is 19.0 Å². The van der Waals surface area contributed by atoms with Crippen LogP contribution in [0.2, 0.25) is 0 Å². The van der Waals surface area contributed by atoms with Crippen molar-refractivity contribution in [2.75, 3.05) is 7.11 Å². The van der Waals surface area contributed by atoms with Crippen LogP contribution in [0.5, 0.6) is 0 Å². The molecule has 0 aromatic rings. The van der Waals surface area contributed by atoms with Crippen molar-refractivity contribution in [2.45, 2.75) is 71.0 Å². The normalized spacial score (nSPS) is 30.0. The summed E-state index contributed by atoms with van der Waals surface area (Å²) in [5.74, 6) is -0.533. The zero-order valence-electron chi connectivity index (χ0n) is 12.2. The Labute approximate surface area is 109 Å². The quantitative estimate of drug-likeness (QED) is 0.845. The first-order valence-corrected chi connectivity index (χ1v) is 6.38. The summed E-state index contributed by atoms with van der Waals surface area (Å²) < 4.78 is 16.3. The van der Waals surface area contributed by atoms with E-state index < -0.39 is 17.5 Å².